The molecule has 0 aliphatic rings. The molecule has 0 N–H and O–H groups in total. The third-order valence-electron chi connectivity index (χ3n) is 1.20. The van der Waals surface area contributed by atoms with Crippen LogP contribution in [-0.2, 0) is 0 Å². The Hall–Kier alpha value is -1.25. The average molecular weight is 185 g/mol. The lowest BCUT2D eigenvalue weighted by Gasteiger charge is -1.91. The van der Waals surface area contributed by atoms with Crippen molar-refractivity contribution < 1.29 is 10.7 Å². The van der Waals surface area contributed by atoms with Crippen molar-refractivity contribution in [2.75, 3.05) is 6.61 Å². The van der Waals surface area contributed by atoms with E-state index in [0.29, 0.717) is 18.2 Å². The number of ether oxygens (including phenoxy) is 1. The summed E-state index contributed by atoms with van der Waals surface area (Å²) in [5.41, 5.74) is 0.850. The first kappa shape index (κ1) is 11.8. The Labute approximate surface area is 80.9 Å². The first-order valence-corrected chi connectivity index (χ1v) is 4.49. The van der Waals surface area contributed by atoms with E-state index in [2.05, 4.69) is 11.7 Å². The third kappa shape index (κ3) is 3.78. The summed E-state index contributed by atoms with van der Waals surface area (Å²) in [7, 11) is 0. The maximum absolute atomic E-state index is 5.09. The van der Waals surface area contributed by atoms with Gasteiger partial charge in [0.15, 0.2) is 5.76 Å². The molecule has 3 heteroatoms. The Morgan fingerprint density at radius 1 is 1.69 bits per heavy atom. The van der Waals surface area contributed by atoms with E-state index in [1.165, 1.54) is 0 Å². The topological polar surface area (TPSA) is 35.3 Å². The van der Waals surface area contributed by atoms with E-state index < -0.39 is 0 Å². The van der Waals surface area contributed by atoms with Gasteiger partial charge in [0.25, 0.3) is 5.88 Å². The molecule has 1 aromatic rings. The molecule has 0 aromatic carbocycles. The Morgan fingerprint density at radius 3 is 2.69 bits per heavy atom. The van der Waals surface area contributed by atoms with E-state index in [9.17, 15) is 0 Å². The molecular weight excluding hydrogens is 166 g/mol. The van der Waals surface area contributed by atoms with Gasteiger partial charge in [0, 0.05) is 7.49 Å². The molecule has 0 atom stereocenters. The summed E-state index contributed by atoms with van der Waals surface area (Å²) in [5.74, 6) is 1.19. The van der Waals surface area contributed by atoms with Gasteiger partial charge in [-0.25, -0.2) is 0 Å². The standard InChI is InChI=1S/C8H11NO2.C2H6.H2/c1-4-10-8-5-7(6(2)3)11-9-8;1-2;/h5H,2,4H2,1,3H3;1-2H3;1H. The minimum Gasteiger partial charge on any atom is -0.476 e. The zero-order valence-electron chi connectivity index (χ0n) is 8.76. The molecule has 0 unspecified atom stereocenters. The van der Waals surface area contributed by atoms with Crippen LogP contribution in [0.15, 0.2) is 17.2 Å². The van der Waals surface area contributed by atoms with Crippen molar-refractivity contribution in [1.82, 2.24) is 5.16 Å². The van der Waals surface area contributed by atoms with Gasteiger partial charge < -0.3 is 9.26 Å². The normalized spacial score (nSPS) is 8.62. The van der Waals surface area contributed by atoms with Crippen molar-refractivity contribution in [3.8, 4) is 5.88 Å². The Kier molecular flexibility index (Phi) is 5.68. The van der Waals surface area contributed by atoms with Crippen LogP contribution >= 0.6 is 0 Å². The molecule has 0 saturated carbocycles. The fourth-order valence-corrected chi connectivity index (χ4v) is 0.676. The SMILES string of the molecule is C=C(C)c1cc(OCC)no1.CC.[HH]. The first-order chi connectivity index (χ1) is 6.24. The summed E-state index contributed by atoms with van der Waals surface area (Å²) < 4.78 is 9.99. The molecule has 1 rings (SSSR count). The zero-order valence-corrected chi connectivity index (χ0v) is 8.76. The van der Waals surface area contributed by atoms with Gasteiger partial charge in [0.2, 0.25) is 0 Å². The minimum absolute atomic E-state index is 0. The Bertz CT molecular complexity index is 258. The Morgan fingerprint density at radius 2 is 2.31 bits per heavy atom. The van der Waals surface area contributed by atoms with Gasteiger partial charge >= 0.3 is 0 Å². The molecule has 0 fully saturated rings. The second-order valence-corrected chi connectivity index (χ2v) is 2.24. The number of allylic oxidation sites excluding steroid dienone is 1. The van der Waals surface area contributed by atoms with Crippen LogP contribution in [0.3, 0.4) is 0 Å². The average Bonchev–Trinajstić information content (AvgIpc) is 2.57. The molecule has 13 heavy (non-hydrogen) atoms. The molecule has 0 amide bonds. The quantitative estimate of drug-likeness (QED) is 0.724. The molecule has 0 bridgehead atoms. The predicted octanol–water partition coefficient (Wildman–Crippen LogP) is 3.38. The highest BCUT2D eigenvalue weighted by Crippen LogP contribution is 2.17. The number of hydrogen-bond donors (Lipinski definition) is 0. The third-order valence-corrected chi connectivity index (χ3v) is 1.20. The van der Waals surface area contributed by atoms with Crippen LogP contribution in [0.2, 0.25) is 0 Å². The molecule has 0 aliphatic carbocycles. The van der Waals surface area contributed by atoms with Crippen molar-refractivity contribution in [2.45, 2.75) is 27.7 Å². The van der Waals surface area contributed by atoms with Gasteiger partial charge in [-0.3, -0.25) is 0 Å². The highest BCUT2D eigenvalue weighted by Gasteiger charge is 2.03. The second kappa shape index (κ2) is 6.29. The van der Waals surface area contributed by atoms with Gasteiger partial charge in [-0.15, -0.1) is 0 Å². The van der Waals surface area contributed by atoms with Crippen molar-refractivity contribution in [3.63, 3.8) is 0 Å². The summed E-state index contributed by atoms with van der Waals surface area (Å²) >= 11 is 0. The molecule has 3 nitrogen and oxygen atoms in total. The summed E-state index contributed by atoms with van der Waals surface area (Å²) in [6, 6.07) is 1.73. The van der Waals surface area contributed by atoms with Gasteiger partial charge in [0.1, 0.15) is 0 Å². The van der Waals surface area contributed by atoms with Crippen LogP contribution in [0.4, 0.5) is 0 Å². The molecule has 0 aliphatic heterocycles. The van der Waals surface area contributed by atoms with Gasteiger partial charge in [-0.1, -0.05) is 20.4 Å². The van der Waals surface area contributed by atoms with Crippen LogP contribution < -0.4 is 4.74 Å². The van der Waals surface area contributed by atoms with Crippen LogP contribution in [0.25, 0.3) is 5.57 Å². The molecule has 76 valence electrons. The summed E-state index contributed by atoms with van der Waals surface area (Å²) in [6.45, 7) is 12.1. The van der Waals surface area contributed by atoms with Crippen molar-refractivity contribution >= 4 is 5.57 Å². The zero-order chi connectivity index (χ0) is 10.3. The number of aromatic nitrogens is 1. The van der Waals surface area contributed by atoms with E-state index >= 15 is 0 Å². The molecular formula is C10H19NO2. The van der Waals surface area contributed by atoms with E-state index in [4.69, 9.17) is 9.26 Å². The maximum atomic E-state index is 5.09. The van der Waals surface area contributed by atoms with E-state index in [0.717, 1.165) is 5.57 Å². The van der Waals surface area contributed by atoms with E-state index in [-0.39, 0.29) is 1.43 Å². The lowest BCUT2D eigenvalue weighted by Crippen LogP contribution is -1.89. The van der Waals surface area contributed by atoms with E-state index in [1.54, 1.807) is 6.07 Å². The van der Waals surface area contributed by atoms with Crippen LogP contribution in [-0.4, -0.2) is 11.8 Å². The first-order valence-electron chi connectivity index (χ1n) is 4.49. The summed E-state index contributed by atoms with van der Waals surface area (Å²) in [5, 5.41) is 3.67. The highest BCUT2D eigenvalue weighted by atomic mass is 16.5. The largest absolute Gasteiger partial charge is 0.476 e. The van der Waals surface area contributed by atoms with E-state index in [1.807, 2.05) is 27.7 Å². The highest BCUT2D eigenvalue weighted by molar-refractivity contribution is 5.56. The fraction of sp³-hybridized carbons (Fsp3) is 0.500. The molecule has 0 saturated heterocycles. The minimum atomic E-state index is 0. The number of hydrogen-bond acceptors (Lipinski definition) is 3. The smallest absolute Gasteiger partial charge is 0.254 e. The lowest BCUT2D eigenvalue weighted by atomic mass is 10.3. The van der Waals surface area contributed by atoms with Gasteiger partial charge in [-0.05, 0) is 24.6 Å². The van der Waals surface area contributed by atoms with Crippen molar-refractivity contribution in [2.24, 2.45) is 0 Å². The lowest BCUT2D eigenvalue weighted by molar-refractivity contribution is 0.293. The summed E-state index contributed by atoms with van der Waals surface area (Å²) in [6.07, 6.45) is 0. The number of rotatable bonds is 3. The Balaban J connectivity index is 0. The van der Waals surface area contributed by atoms with Crippen molar-refractivity contribution in [1.29, 1.82) is 0 Å². The number of nitrogens with zero attached hydrogens (tertiary/aromatic N) is 1. The van der Waals surface area contributed by atoms with Crippen LogP contribution in [0, 0.1) is 0 Å². The van der Waals surface area contributed by atoms with Gasteiger partial charge in [-0.2, -0.15) is 0 Å². The monoisotopic (exact) mass is 185 g/mol. The molecule has 1 heterocycles. The van der Waals surface area contributed by atoms with Crippen molar-refractivity contribution in [3.05, 3.63) is 18.4 Å². The maximum Gasteiger partial charge on any atom is 0.254 e. The second-order valence-electron chi connectivity index (χ2n) is 2.24. The van der Waals surface area contributed by atoms with Gasteiger partial charge in [0.05, 0.1) is 6.61 Å². The predicted molar refractivity (Wildman–Crippen MR) is 55.8 cm³/mol. The fourth-order valence-electron chi connectivity index (χ4n) is 0.676. The van der Waals surface area contributed by atoms with Crippen LogP contribution in [0.1, 0.15) is 34.9 Å². The molecule has 0 spiro atoms. The molecule has 0 radical (unpaired) electrons. The van der Waals surface area contributed by atoms with Crippen LogP contribution in [0.5, 0.6) is 5.88 Å². The molecule has 1 aromatic heterocycles. The summed E-state index contributed by atoms with van der Waals surface area (Å²) in [4.78, 5) is 0.